The molecule has 0 unspecified atom stereocenters. The van der Waals surface area contributed by atoms with Crippen molar-refractivity contribution in [1.82, 2.24) is 19.7 Å². The van der Waals surface area contributed by atoms with Gasteiger partial charge >= 0.3 is 0 Å². The number of hydrogen-bond donors (Lipinski definition) is 2. The Morgan fingerprint density at radius 1 is 1.30 bits per heavy atom. The highest BCUT2D eigenvalue weighted by molar-refractivity contribution is 6.09. The largest absolute Gasteiger partial charge is 0.397 e. The number of aryl methyl sites for hydroxylation is 3. The lowest BCUT2D eigenvalue weighted by Gasteiger charge is -2.15. The molecule has 7 heteroatoms. The molecule has 3 aromatic rings. The maximum atomic E-state index is 13.0. The summed E-state index contributed by atoms with van der Waals surface area (Å²) in [6.45, 7) is 2.52. The fourth-order valence-electron chi connectivity index (χ4n) is 3.59. The van der Waals surface area contributed by atoms with Crippen molar-refractivity contribution in [1.29, 1.82) is 0 Å². The first-order valence-electron chi connectivity index (χ1n) is 9.08. The predicted molar refractivity (Wildman–Crippen MR) is 106 cm³/mol. The highest BCUT2D eigenvalue weighted by Crippen LogP contribution is 2.33. The second-order valence-electron chi connectivity index (χ2n) is 7.31. The Bertz CT molecular complexity index is 1120. The van der Waals surface area contributed by atoms with E-state index in [1.807, 2.05) is 38.4 Å². The molecule has 4 rings (SSSR count). The Labute approximate surface area is 156 Å². The van der Waals surface area contributed by atoms with Crippen LogP contribution in [0.5, 0.6) is 0 Å². The number of para-hydroxylation sites is 1. The summed E-state index contributed by atoms with van der Waals surface area (Å²) in [6.07, 6.45) is 4.17. The first-order valence-corrected chi connectivity index (χ1v) is 9.08. The number of fused-ring (bicyclic) bond motifs is 1. The van der Waals surface area contributed by atoms with Gasteiger partial charge in [0.15, 0.2) is 0 Å². The van der Waals surface area contributed by atoms with Crippen LogP contribution in [-0.4, -0.2) is 26.8 Å². The van der Waals surface area contributed by atoms with E-state index in [9.17, 15) is 9.59 Å². The van der Waals surface area contributed by atoms with Gasteiger partial charge in [-0.25, -0.2) is 0 Å². The normalized spacial score (nSPS) is 13.9. The zero-order valence-electron chi connectivity index (χ0n) is 15.7. The lowest BCUT2D eigenvalue weighted by atomic mass is 10.00. The molecule has 140 valence electrons. The van der Waals surface area contributed by atoms with Crippen molar-refractivity contribution in [3.63, 3.8) is 0 Å². The number of hydrogen-bond acceptors (Lipinski definition) is 4. The smallest absolute Gasteiger partial charge is 0.265 e. The van der Waals surface area contributed by atoms with Crippen LogP contribution in [0.4, 0.5) is 5.69 Å². The molecule has 2 aromatic heterocycles. The molecule has 0 atom stereocenters. The topological polar surface area (TPSA) is 94.9 Å². The monoisotopic (exact) mass is 365 g/mol. The molecule has 0 bridgehead atoms. The third-order valence-electron chi connectivity index (χ3n) is 5.23. The van der Waals surface area contributed by atoms with Gasteiger partial charge in [0.25, 0.3) is 11.5 Å². The van der Waals surface area contributed by atoms with E-state index in [2.05, 4.69) is 10.4 Å². The van der Waals surface area contributed by atoms with E-state index in [-0.39, 0.29) is 16.8 Å². The molecular formula is C20H23N5O2. The second kappa shape index (κ2) is 6.26. The molecule has 3 N–H and O–H groups in total. The molecule has 7 nitrogen and oxygen atoms in total. The molecule has 0 aliphatic heterocycles. The number of nitrogens with one attached hydrogen (secondary N) is 1. The fraction of sp³-hybridized carbons (Fsp3) is 0.350. The Kier molecular flexibility index (Phi) is 4.02. The number of aromatic nitrogens is 3. The summed E-state index contributed by atoms with van der Waals surface area (Å²) < 4.78 is 3.25. The van der Waals surface area contributed by atoms with Crippen LogP contribution in [0.15, 0.2) is 29.2 Å². The van der Waals surface area contributed by atoms with E-state index in [1.54, 1.807) is 11.7 Å². The van der Waals surface area contributed by atoms with E-state index in [1.165, 1.54) is 4.57 Å². The third kappa shape index (κ3) is 2.89. The van der Waals surface area contributed by atoms with Gasteiger partial charge in [-0.05, 0) is 25.7 Å². The standard InChI is InChI=1S/C20H23N5O2/c1-11-15(10-24(2)23-11)13-5-4-6-14-17(21)16(20(27)25(3)18(13)14)19(26)22-9-12-7-8-12/h4-6,10,12H,7-9,21H2,1-3H3,(H,22,26). The molecule has 1 aromatic carbocycles. The highest BCUT2D eigenvalue weighted by Gasteiger charge is 2.25. The van der Waals surface area contributed by atoms with Crippen LogP contribution in [0, 0.1) is 12.8 Å². The Morgan fingerprint density at radius 3 is 2.67 bits per heavy atom. The maximum Gasteiger partial charge on any atom is 0.265 e. The van der Waals surface area contributed by atoms with Crippen LogP contribution in [0.25, 0.3) is 22.0 Å². The predicted octanol–water partition coefficient (Wildman–Crippen LogP) is 1.97. The number of pyridine rings is 1. The molecule has 2 heterocycles. The minimum absolute atomic E-state index is 0.0192. The average molecular weight is 365 g/mol. The number of carbonyl (C=O) groups is 1. The molecule has 27 heavy (non-hydrogen) atoms. The van der Waals surface area contributed by atoms with Crippen molar-refractivity contribution in [3.05, 3.63) is 46.0 Å². The summed E-state index contributed by atoms with van der Waals surface area (Å²) in [5, 5.41) is 7.93. The van der Waals surface area contributed by atoms with Gasteiger partial charge in [0, 0.05) is 43.4 Å². The second-order valence-corrected chi connectivity index (χ2v) is 7.31. The fourth-order valence-corrected chi connectivity index (χ4v) is 3.59. The van der Waals surface area contributed by atoms with E-state index in [0.717, 1.165) is 29.7 Å². The number of nitrogen functional groups attached to an aromatic ring is 1. The van der Waals surface area contributed by atoms with Gasteiger partial charge in [0.2, 0.25) is 0 Å². The van der Waals surface area contributed by atoms with Crippen LogP contribution in [-0.2, 0) is 14.1 Å². The van der Waals surface area contributed by atoms with Crippen LogP contribution < -0.4 is 16.6 Å². The Morgan fingerprint density at radius 2 is 2.04 bits per heavy atom. The molecule has 1 aliphatic carbocycles. The lowest BCUT2D eigenvalue weighted by Crippen LogP contribution is -2.34. The van der Waals surface area contributed by atoms with Gasteiger partial charge in [0.05, 0.1) is 16.9 Å². The number of anilines is 1. The number of amides is 1. The Hall–Kier alpha value is -3.09. The summed E-state index contributed by atoms with van der Waals surface area (Å²) in [6, 6.07) is 5.67. The average Bonchev–Trinajstić information content (AvgIpc) is 3.40. The summed E-state index contributed by atoms with van der Waals surface area (Å²) >= 11 is 0. The zero-order valence-corrected chi connectivity index (χ0v) is 15.7. The van der Waals surface area contributed by atoms with E-state index in [0.29, 0.717) is 23.4 Å². The number of nitrogens with two attached hydrogens (primary N) is 1. The minimum Gasteiger partial charge on any atom is -0.397 e. The van der Waals surface area contributed by atoms with Crippen molar-refractivity contribution >= 4 is 22.5 Å². The molecule has 1 saturated carbocycles. The number of nitrogens with zero attached hydrogens (tertiary/aromatic N) is 3. The third-order valence-corrected chi connectivity index (χ3v) is 5.23. The minimum atomic E-state index is -0.398. The van der Waals surface area contributed by atoms with E-state index in [4.69, 9.17) is 5.73 Å². The van der Waals surface area contributed by atoms with Crippen LogP contribution in [0.1, 0.15) is 28.9 Å². The zero-order chi connectivity index (χ0) is 19.3. The van der Waals surface area contributed by atoms with Crippen molar-refractivity contribution < 1.29 is 4.79 Å². The van der Waals surface area contributed by atoms with Gasteiger partial charge in [0.1, 0.15) is 5.56 Å². The molecule has 1 aliphatic rings. The van der Waals surface area contributed by atoms with Gasteiger partial charge in [-0.1, -0.05) is 18.2 Å². The van der Waals surface area contributed by atoms with E-state index >= 15 is 0 Å². The number of carbonyl (C=O) groups excluding carboxylic acids is 1. The molecule has 0 radical (unpaired) electrons. The van der Waals surface area contributed by atoms with Gasteiger partial charge < -0.3 is 15.6 Å². The number of benzene rings is 1. The van der Waals surface area contributed by atoms with Crippen LogP contribution >= 0.6 is 0 Å². The maximum absolute atomic E-state index is 13.0. The van der Waals surface area contributed by atoms with Gasteiger partial charge in [-0.3, -0.25) is 14.3 Å². The van der Waals surface area contributed by atoms with Crippen molar-refractivity contribution in [2.45, 2.75) is 19.8 Å². The highest BCUT2D eigenvalue weighted by atomic mass is 16.2. The molecule has 1 fully saturated rings. The summed E-state index contributed by atoms with van der Waals surface area (Å²) in [5.41, 5.74) is 9.54. The van der Waals surface area contributed by atoms with Gasteiger partial charge in [-0.15, -0.1) is 0 Å². The first-order chi connectivity index (χ1) is 12.9. The quantitative estimate of drug-likeness (QED) is 0.739. The Balaban J connectivity index is 1.91. The lowest BCUT2D eigenvalue weighted by molar-refractivity contribution is 0.0951. The van der Waals surface area contributed by atoms with Crippen LogP contribution in [0.2, 0.25) is 0 Å². The molecular weight excluding hydrogens is 342 g/mol. The first kappa shape index (κ1) is 17.3. The van der Waals surface area contributed by atoms with Crippen molar-refractivity contribution in [3.8, 4) is 11.1 Å². The van der Waals surface area contributed by atoms with Crippen molar-refractivity contribution in [2.24, 2.45) is 20.0 Å². The number of rotatable bonds is 4. The van der Waals surface area contributed by atoms with E-state index < -0.39 is 5.91 Å². The molecule has 0 spiro atoms. The summed E-state index contributed by atoms with van der Waals surface area (Å²) in [4.78, 5) is 25.6. The SMILES string of the molecule is Cc1nn(C)cc1-c1cccc2c(N)c(C(=O)NCC3CC3)c(=O)n(C)c12. The van der Waals surface area contributed by atoms with Crippen LogP contribution in [0.3, 0.4) is 0 Å². The van der Waals surface area contributed by atoms with Crippen molar-refractivity contribution in [2.75, 3.05) is 12.3 Å². The van der Waals surface area contributed by atoms with Gasteiger partial charge in [-0.2, -0.15) is 5.10 Å². The summed E-state index contributed by atoms with van der Waals surface area (Å²) in [7, 11) is 3.54. The molecule has 1 amide bonds. The molecule has 0 saturated heterocycles. The summed E-state index contributed by atoms with van der Waals surface area (Å²) in [5.74, 6) is 0.129.